The van der Waals surface area contributed by atoms with E-state index in [9.17, 15) is 5.11 Å². The number of hydrogen-bond acceptors (Lipinski definition) is 4. The standard InChI is InChI=1S/C15H19NO3/c1-18-13-6-12(9-17)16(8-13)7-11-10-19-15-5-3-2-4-14(11)15/h2-5,10,12-13,17H,6-9H2,1H3/t12-,13+/m0/s1. The van der Waals surface area contributed by atoms with Crippen LogP contribution in [0.25, 0.3) is 11.0 Å². The average molecular weight is 261 g/mol. The monoisotopic (exact) mass is 261 g/mol. The predicted octanol–water partition coefficient (Wildman–Crippen LogP) is 2.01. The first-order valence-corrected chi connectivity index (χ1v) is 6.64. The van der Waals surface area contributed by atoms with Crippen LogP contribution < -0.4 is 0 Å². The van der Waals surface area contributed by atoms with Crippen molar-refractivity contribution in [2.24, 2.45) is 0 Å². The Labute approximate surface area is 112 Å². The zero-order valence-electron chi connectivity index (χ0n) is 11.1. The van der Waals surface area contributed by atoms with E-state index < -0.39 is 0 Å². The Hall–Kier alpha value is -1.36. The number of ether oxygens (including phenoxy) is 1. The van der Waals surface area contributed by atoms with Gasteiger partial charge in [-0.3, -0.25) is 4.90 Å². The number of hydrogen-bond donors (Lipinski definition) is 1. The molecule has 1 aromatic heterocycles. The summed E-state index contributed by atoms with van der Waals surface area (Å²) in [5.74, 6) is 0. The normalized spacial score (nSPS) is 24.3. The predicted molar refractivity (Wildman–Crippen MR) is 72.9 cm³/mol. The van der Waals surface area contributed by atoms with Gasteiger partial charge in [-0.25, -0.2) is 0 Å². The number of benzene rings is 1. The molecular formula is C15H19NO3. The third-order valence-corrected chi connectivity index (χ3v) is 3.97. The van der Waals surface area contributed by atoms with E-state index in [1.54, 1.807) is 7.11 Å². The van der Waals surface area contributed by atoms with Crippen LogP contribution in [0.15, 0.2) is 34.9 Å². The van der Waals surface area contributed by atoms with Crippen molar-refractivity contribution in [2.45, 2.75) is 25.1 Å². The van der Waals surface area contributed by atoms with Crippen molar-refractivity contribution >= 4 is 11.0 Å². The first kappa shape index (κ1) is 12.7. The Morgan fingerprint density at radius 3 is 3.05 bits per heavy atom. The molecule has 1 aliphatic rings. The third-order valence-electron chi connectivity index (χ3n) is 3.97. The lowest BCUT2D eigenvalue weighted by Crippen LogP contribution is -2.31. The smallest absolute Gasteiger partial charge is 0.134 e. The quantitative estimate of drug-likeness (QED) is 0.914. The van der Waals surface area contributed by atoms with Gasteiger partial charge in [0.25, 0.3) is 0 Å². The number of rotatable bonds is 4. The van der Waals surface area contributed by atoms with Gasteiger partial charge in [-0.2, -0.15) is 0 Å². The van der Waals surface area contributed by atoms with Gasteiger partial charge in [-0.15, -0.1) is 0 Å². The zero-order chi connectivity index (χ0) is 13.2. The summed E-state index contributed by atoms with van der Waals surface area (Å²) >= 11 is 0. The lowest BCUT2D eigenvalue weighted by Gasteiger charge is -2.21. The fourth-order valence-corrected chi connectivity index (χ4v) is 2.87. The van der Waals surface area contributed by atoms with Gasteiger partial charge in [0, 0.05) is 37.2 Å². The van der Waals surface area contributed by atoms with E-state index in [2.05, 4.69) is 11.0 Å². The summed E-state index contributed by atoms with van der Waals surface area (Å²) in [6.07, 6.45) is 2.93. The van der Waals surface area contributed by atoms with Crippen LogP contribution in [0, 0.1) is 0 Å². The Bertz CT molecular complexity index is 551. The van der Waals surface area contributed by atoms with Crippen molar-refractivity contribution in [3.8, 4) is 0 Å². The van der Waals surface area contributed by atoms with Gasteiger partial charge >= 0.3 is 0 Å². The molecule has 1 aromatic carbocycles. The van der Waals surface area contributed by atoms with Crippen LogP contribution in [-0.2, 0) is 11.3 Å². The number of likely N-dealkylation sites (tertiary alicyclic amines) is 1. The molecule has 0 aliphatic carbocycles. The Kier molecular flexibility index (Phi) is 3.55. The fraction of sp³-hybridized carbons (Fsp3) is 0.467. The molecular weight excluding hydrogens is 242 g/mol. The van der Waals surface area contributed by atoms with E-state index in [4.69, 9.17) is 9.15 Å². The first-order valence-electron chi connectivity index (χ1n) is 6.64. The van der Waals surface area contributed by atoms with Crippen molar-refractivity contribution in [1.82, 2.24) is 4.90 Å². The fourth-order valence-electron chi connectivity index (χ4n) is 2.87. The number of para-hydroxylation sites is 1. The minimum absolute atomic E-state index is 0.176. The summed E-state index contributed by atoms with van der Waals surface area (Å²) in [5.41, 5.74) is 2.09. The van der Waals surface area contributed by atoms with Gasteiger partial charge in [0.05, 0.1) is 19.0 Å². The van der Waals surface area contributed by atoms with Crippen LogP contribution in [0.1, 0.15) is 12.0 Å². The molecule has 4 heteroatoms. The van der Waals surface area contributed by atoms with Crippen LogP contribution >= 0.6 is 0 Å². The number of aliphatic hydroxyl groups excluding tert-OH is 1. The zero-order valence-corrected chi connectivity index (χ0v) is 11.1. The van der Waals surface area contributed by atoms with E-state index in [0.29, 0.717) is 0 Å². The van der Waals surface area contributed by atoms with Gasteiger partial charge in [0.15, 0.2) is 0 Å². The summed E-state index contributed by atoms with van der Waals surface area (Å²) in [6, 6.07) is 8.23. The van der Waals surface area contributed by atoms with Gasteiger partial charge in [0.1, 0.15) is 5.58 Å². The Balaban J connectivity index is 1.80. The topological polar surface area (TPSA) is 45.8 Å². The van der Waals surface area contributed by atoms with E-state index in [1.165, 1.54) is 5.56 Å². The Morgan fingerprint density at radius 1 is 1.42 bits per heavy atom. The summed E-state index contributed by atoms with van der Waals surface area (Å²) < 4.78 is 11.0. The number of fused-ring (bicyclic) bond motifs is 1. The molecule has 1 N–H and O–H groups in total. The summed E-state index contributed by atoms with van der Waals surface area (Å²) in [6.45, 7) is 1.83. The summed E-state index contributed by atoms with van der Waals surface area (Å²) in [4.78, 5) is 2.27. The maximum Gasteiger partial charge on any atom is 0.134 e. The molecule has 1 fully saturated rings. The van der Waals surface area contributed by atoms with Gasteiger partial charge < -0.3 is 14.3 Å². The highest BCUT2D eigenvalue weighted by molar-refractivity contribution is 5.80. The molecule has 2 heterocycles. The Morgan fingerprint density at radius 2 is 2.26 bits per heavy atom. The van der Waals surface area contributed by atoms with Gasteiger partial charge in [-0.1, -0.05) is 18.2 Å². The average Bonchev–Trinajstić information content (AvgIpc) is 3.04. The highest BCUT2D eigenvalue weighted by atomic mass is 16.5. The van der Waals surface area contributed by atoms with E-state index in [-0.39, 0.29) is 18.8 Å². The maximum atomic E-state index is 9.47. The first-order chi connectivity index (χ1) is 9.31. The highest BCUT2D eigenvalue weighted by Crippen LogP contribution is 2.26. The van der Waals surface area contributed by atoms with Crippen molar-refractivity contribution in [3.05, 3.63) is 36.1 Å². The van der Waals surface area contributed by atoms with Crippen molar-refractivity contribution in [3.63, 3.8) is 0 Å². The van der Waals surface area contributed by atoms with Gasteiger partial charge in [-0.05, 0) is 12.5 Å². The molecule has 1 aliphatic heterocycles. The summed E-state index contributed by atoms with van der Waals surface area (Å²) in [5, 5.41) is 10.6. The molecule has 0 spiro atoms. The second kappa shape index (κ2) is 5.33. The molecule has 0 amide bonds. The lowest BCUT2D eigenvalue weighted by atomic mass is 10.1. The largest absolute Gasteiger partial charge is 0.464 e. The van der Waals surface area contributed by atoms with Crippen LogP contribution in [0.5, 0.6) is 0 Å². The molecule has 1 saturated heterocycles. The van der Waals surface area contributed by atoms with Gasteiger partial charge in [0.2, 0.25) is 0 Å². The molecule has 0 saturated carbocycles. The second-order valence-corrected chi connectivity index (χ2v) is 5.12. The van der Waals surface area contributed by atoms with E-state index in [1.807, 2.05) is 24.5 Å². The molecule has 0 radical (unpaired) electrons. The van der Waals surface area contributed by atoms with Crippen LogP contribution in [0.3, 0.4) is 0 Å². The third kappa shape index (κ3) is 2.39. The van der Waals surface area contributed by atoms with E-state index in [0.717, 1.165) is 30.5 Å². The number of nitrogens with zero attached hydrogens (tertiary/aromatic N) is 1. The molecule has 2 atom stereocenters. The molecule has 3 rings (SSSR count). The number of aliphatic hydroxyl groups is 1. The maximum absolute atomic E-state index is 9.47. The van der Waals surface area contributed by atoms with Crippen LogP contribution in [0.4, 0.5) is 0 Å². The molecule has 102 valence electrons. The number of furan rings is 1. The minimum atomic E-state index is 0.176. The van der Waals surface area contributed by atoms with Crippen molar-refractivity contribution in [2.75, 3.05) is 20.3 Å². The minimum Gasteiger partial charge on any atom is -0.464 e. The lowest BCUT2D eigenvalue weighted by molar-refractivity contribution is 0.107. The molecule has 0 bridgehead atoms. The van der Waals surface area contributed by atoms with E-state index >= 15 is 0 Å². The van der Waals surface area contributed by atoms with Crippen LogP contribution in [0.2, 0.25) is 0 Å². The SMILES string of the molecule is CO[C@@H]1C[C@@H](CO)N(Cc2coc3ccccc23)C1. The molecule has 4 nitrogen and oxygen atoms in total. The molecule has 19 heavy (non-hydrogen) atoms. The number of methoxy groups -OCH3 is 1. The molecule has 2 aromatic rings. The second-order valence-electron chi connectivity index (χ2n) is 5.12. The summed E-state index contributed by atoms with van der Waals surface area (Å²) in [7, 11) is 1.73. The van der Waals surface area contributed by atoms with Crippen molar-refractivity contribution in [1.29, 1.82) is 0 Å². The molecule has 0 unspecified atom stereocenters. The van der Waals surface area contributed by atoms with Crippen LogP contribution in [-0.4, -0.2) is 42.4 Å². The highest BCUT2D eigenvalue weighted by Gasteiger charge is 2.31. The van der Waals surface area contributed by atoms with Crippen molar-refractivity contribution < 1.29 is 14.3 Å².